The maximum atomic E-state index is 13.0. The zero-order chi connectivity index (χ0) is 84.7. The molecular weight excluding hydrogens is 1660 g/mol. The number of aromatic nitrogens is 9. The molecule has 4 atom stereocenters. The normalized spacial score (nSPS) is 17.0. The molecule has 6 aromatic carbocycles. The van der Waals surface area contributed by atoms with Gasteiger partial charge in [-0.15, -0.1) is 0 Å². The van der Waals surface area contributed by atoms with Crippen LogP contribution in [0.15, 0.2) is 218 Å². The van der Waals surface area contributed by atoms with E-state index in [-0.39, 0.29) is 36.2 Å². The third-order valence-corrected chi connectivity index (χ3v) is 24.1. The molecule has 18 rings (SSSR count). The van der Waals surface area contributed by atoms with E-state index in [9.17, 15) is 19.5 Å². The Bertz CT molecular complexity index is 6160. The number of urea groups is 3. The number of benzene rings is 6. The molecule has 0 saturated carbocycles. The molecule has 122 heavy (non-hydrogen) atoms. The van der Waals surface area contributed by atoms with Crippen molar-refractivity contribution in [1.29, 1.82) is 15.8 Å². The van der Waals surface area contributed by atoms with Crippen molar-refractivity contribution in [2.45, 2.75) is 51.2 Å². The third-order valence-electron chi connectivity index (χ3n) is 23.0. The fourth-order valence-electron chi connectivity index (χ4n) is 16.6. The first-order valence-electron chi connectivity index (χ1n) is 39.9. The molecule has 6 aliphatic rings. The van der Waals surface area contributed by atoms with Crippen LogP contribution in [0.25, 0.3) is 34.9 Å². The van der Waals surface area contributed by atoms with E-state index in [1.165, 1.54) is 0 Å². The van der Waals surface area contributed by atoms with Crippen LogP contribution in [0.3, 0.4) is 0 Å². The fourth-order valence-corrected chi connectivity index (χ4v) is 17.5. The number of carbonyl (C=O) groups is 3. The number of fused-ring (bicyclic) bond motifs is 6. The van der Waals surface area contributed by atoms with Gasteiger partial charge in [0.25, 0.3) is 0 Å². The maximum absolute atomic E-state index is 13.0. The summed E-state index contributed by atoms with van der Waals surface area (Å²) in [4.78, 5) is 79.3. The van der Waals surface area contributed by atoms with Crippen LogP contribution in [0.5, 0.6) is 0 Å². The van der Waals surface area contributed by atoms with E-state index in [2.05, 4.69) is 131 Å². The number of aryl methyl sites for hydroxylation is 3. The van der Waals surface area contributed by atoms with Gasteiger partial charge in [0.05, 0.1) is 88.3 Å². The van der Waals surface area contributed by atoms with E-state index in [1.807, 2.05) is 133 Å². The Hall–Kier alpha value is -12.9. The van der Waals surface area contributed by atoms with Crippen LogP contribution in [-0.2, 0) is 20.1 Å². The van der Waals surface area contributed by atoms with Crippen molar-refractivity contribution >= 4 is 121 Å². The smallest absolute Gasteiger partial charge is 0.321 e. The molecule has 12 aromatic rings. The summed E-state index contributed by atoms with van der Waals surface area (Å²) in [7, 11) is 1.86. The predicted molar refractivity (Wildman–Crippen MR) is 476 cm³/mol. The molecule has 3 aliphatic carbocycles. The number of aliphatic hydroxyl groups is 1. The minimum atomic E-state index is -0.922. The van der Waals surface area contributed by atoms with Crippen molar-refractivity contribution in [1.82, 2.24) is 73.0 Å². The second-order valence-electron chi connectivity index (χ2n) is 30.4. The SMILES string of the molecule is Cc1nccn1CC1=Cc2cc(Br)cnc2C(N2CCN(C(=O)Nc3ccc(C#N)cc3)CC2)c2ccc(Cl)cc21.Cc1nccn1CC1=Cc2cccnc2[C@@H](N2CCN(C(=O)Nc3ccc(C#N)cc3)CC2)c2ccc(Cl)cc21.Cn1cncc1C(O)C1=Cc2cccnc2[C@@H](N2CCN(C(=O)Nc3ccc(C#N)cc3)CC2)c2ccc(Cl)cc21. The molecule has 3 saturated heterocycles. The van der Waals surface area contributed by atoms with Gasteiger partial charge in [-0.05, 0) is 242 Å². The highest BCUT2D eigenvalue weighted by Gasteiger charge is 2.39. The summed E-state index contributed by atoms with van der Waals surface area (Å²) in [6.07, 6.45) is 22.0. The average Bonchev–Trinajstić information content (AvgIpc) is 1.63. The molecule has 0 radical (unpaired) electrons. The lowest BCUT2D eigenvalue weighted by molar-refractivity contribution is 0.125. The average molecular weight is 1750 g/mol. The van der Waals surface area contributed by atoms with Crippen LogP contribution in [-0.4, -0.2) is 175 Å². The Morgan fingerprint density at radius 2 is 0.844 bits per heavy atom. The molecule has 612 valence electrons. The molecule has 6 aromatic heterocycles. The van der Waals surface area contributed by atoms with Gasteiger partial charge in [-0.2, -0.15) is 15.8 Å². The van der Waals surface area contributed by atoms with Crippen LogP contribution in [0.4, 0.5) is 31.4 Å². The quantitative estimate of drug-likeness (QED) is 0.0884. The van der Waals surface area contributed by atoms with Crippen LogP contribution >= 0.6 is 50.7 Å². The van der Waals surface area contributed by atoms with E-state index in [0.29, 0.717) is 146 Å². The largest absolute Gasteiger partial charge is 0.382 e. The van der Waals surface area contributed by atoms with E-state index >= 15 is 0 Å². The number of nitrogens with zero attached hydrogens (tertiary/aromatic N) is 18. The highest BCUT2D eigenvalue weighted by molar-refractivity contribution is 9.10. The second-order valence-corrected chi connectivity index (χ2v) is 32.6. The number of halogens is 4. The minimum Gasteiger partial charge on any atom is -0.382 e. The first kappa shape index (κ1) is 82.8. The summed E-state index contributed by atoms with van der Waals surface area (Å²) >= 11 is 23.3. The Labute approximate surface area is 729 Å². The molecule has 9 heterocycles. The van der Waals surface area contributed by atoms with Gasteiger partial charge in [0, 0.05) is 179 Å². The Morgan fingerprint density at radius 3 is 1.22 bits per heavy atom. The third kappa shape index (κ3) is 18.2. The Kier molecular flexibility index (Phi) is 25.1. The first-order valence-corrected chi connectivity index (χ1v) is 41.8. The predicted octanol–water partition coefficient (Wildman–Crippen LogP) is 16.8. The molecular formula is C93H83BrCl3N21O4. The number of rotatable bonds is 12. The van der Waals surface area contributed by atoms with E-state index in [1.54, 1.807) is 96.4 Å². The summed E-state index contributed by atoms with van der Waals surface area (Å²) in [5.41, 5.74) is 19.6. The monoisotopic (exact) mass is 1740 g/mol. The highest BCUT2D eigenvalue weighted by Crippen LogP contribution is 2.47. The molecule has 25 nitrogen and oxygen atoms in total. The van der Waals surface area contributed by atoms with Gasteiger partial charge in [-0.25, -0.2) is 29.3 Å². The number of hydrogen-bond donors (Lipinski definition) is 4. The van der Waals surface area contributed by atoms with Gasteiger partial charge in [0.15, 0.2) is 0 Å². The van der Waals surface area contributed by atoms with Crippen molar-refractivity contribution in [2.24, 2.45) is 7.05 Å². The van der Waals surface area contributed by atoms with Crippen molar-refractivity contribution in [2.75, 3.05) is 94.5 Å². The number of hydrogen-bond acceptors (Lipinski definition) is 16. The van der Waals surface area contributed by atoms with Crippen molar-refractivity contribution in [3.8, 4) is 18.2 Å². The van der Waals surface area contributed by atoms with E-state index < -0.39 is 6.10 Å². The number of nitrogens with one attached hydrogen (secondary N) is 3. The molecule has 6 amide bonds. The van der Waals surface area contributed by atoms with Crippen molar-refractivity contribution < 1.29 is 19.5 Å². The Balaban J connectivity index is 0.000000136. The number of carbonyl (C=O) groups excluding carboxylic acids is 3. The molecule has 29 heteroatoms. The van der Waals surface area contributed by atoms with E-state index in [4.69, 9.17) is 65.5 Å². The van der Waals surface area contributed by atoms with Gasteiger partial charge in [0.1, 0.15) is 17.8 Å². The molecule has 3 aliphatic heterocycles. The lowest BCUT2D eigenvalue weighted by atomic mass is 9.91. The molecule has 0 spiro atoms. The number of pyridine rings is 3. The number of nitriles is 3. The number of allylic oxidation sites excluding steroid dienone is 2. The van der Waals surface area contributed by atoms with Gasteiger partial charge in [-0.1, -0.05) is 65.1 Å². The fraction of sp³-hybridized carbons (Fsp3) is 0.226. The topological polar surface area (TPSA) is 290 Å². The standard InChI is InChI=1S/C31H27BrClN7O.C31H28ClN7O2.C31H28ClN7O/c1-20-35-8-9-40(20)19-23-14-22-15-24(32)18-36-29(22)30(27-7-4-25(33)16-28(23)27)38-10-12-39(13-11-38)31(41)37-26-5-2-21(17-34)3-6-26;1-37-19-34-18-27(37)30(40)26-15-21-3-2-10-35-28(21)29(24-9-6-22(32)16-25(24)26)38-11-13-39(14-12-38)31(41)36-23-7-4-20(17-33)5-8-23;1-21-34-11-12-39(21)20-24-17-23-3-2-10-35-29(23)30(27-9-6-25(32)18-28(24)27)37-13-15-38(16-14-37)31(40)36-26-7-4-22(19-33)5-8-26/h2-9,14-16,18,30H,10-13,19H2,1H3,(H,37,41);2-10,15-16,18-19,29-30,40H,11-14H2,1H3,(H,36,41);2-12,17-18,30H,13-16,20H2,1H3,(H,36,40)/t;29-,30?;30-/m.00/s1. The molecule has 0 bridgehead atoms. The first-order chi connectivity index (χ1) is 59.3. The van der Waals surface area contributed by atoms with Gasteiger partial charge >= 0.3 is 18.1 Å². The summed E-state index contributed by atoms with van der Waals surface area (Å²) in [6.45, 7) is 12.7. The molecule has 2 unspecified atom stereocenters. The number of imidazole rings is 3. The number of amides is 6. The molecule has 3 fully saturated rings. The second kappa shape index (κ2) is 37.0. The highest BCUT2D eigenvalue weighted by atomic mass is 79.9. The van der Waals surface area contributed by atoms with Crippen molar-refractivity contribution in [3.05, 3.63) is 334 Å². The van der Waals surface area contributed by atoms with Crippen LogP contribution in [0, 0.1) is 47.8 Å². The van der Waals surface area contributed by atoms with Crippen LogP contribution < -0.4 is 16.0 Å². The summed E-state index contributed by atoms with van der Waals surface area (Å²) in [5.74, 6) is 1.89. The van der Waals surface area contributed by atoms with E-state index in [0.717, 1.165) is 100.0 Å². The number of piperazine rings is 3. The van der Waals surface area contributed by atoms with Crippen LogP contribution in [0.1, 0.15) is 125 Å². The number of anilines is 3. The van der Waals surface area contributed by atoms with Crippen molar-refractivity contribution in [3.63, 3.8) is 0 Å². The Morgan fingerprint density at radius 1 is 0.467 bits per heavy atom. The maximum Gasteiger partial charge on any atom is 0.321 e. The minimum absolute atomic E-state index is 0.0789. The van der Waals surface area contributed by atoms with Gasteiger partial charge < -0.3 is 49.5 Å². The summed E-state index contributed by atoms with van der Waals surface area (Å²) < 4.78 is 6.99. The summed E-state index contributed by atoms with van der Waals surface area (Å²) in [6, 6.07) is 54.2. The summed E-state index contributed by atoms with van der Waals surface area (Å²) in [5, 5.41) is 49.4. The number of aliphatic hydroxyl groups excluding tert-OH is 1. The lowest BCUT2D eigenvalue weighted by Gasteiger charge is -2.39. The lowest BCUT2D eigenvalue weighted by Crippen LogP contribution is -2.51. The molecule has 4 N–H and O–H groups in total. The zero-order valence-corrected chi connectivity index (χ0v) is 70.7. The van der Waals surface area contributed by atoms with Gasteiger partial charge in [0.2, 0.25) is 0 Å². The zero-order valence-electron chi connectivity index (χ0n) is 66.9. The van der Waals surface area contributed by atoms with Gasteiger partial charge in [-0.3, -0.25) is 29.7 Å². The van der Waals surface area contributed by atoms with Crippen LogP contribution in [0.2, 0.25) is 15.1 Å².